The summed E-state index contributed by atoms with van der Waals surface area (Å²) in [6, 6.07) is 16.2. The molecule has 0 atom stereocenters. The van der Waals surface area contributed by atoms with Gasteiger partial charge in [-0.3, -0.25) is 4.90 Å². The number of nitriles is 1. The van der Waals surface area contributed by atoms with Crippen molar-refractivity contribution in [2.45, 2.75) is 49.2 Å². The maximum absolute atomic E-state index is 11.9. The molecule has 3 aromatic rings. The van der Waals surface area contributed by atoms with Crippen LogP contribution < -0.4 is 15.4 Å². The third-order valence-electron chi connectivity index (χ3n) is 8.26. The van der Waals surface area contributed by atoms with Gasteiger partial charge in [0.15, 0.2) is 9.84 Å². The Morgan fingerprint density at radius 3 is 2.58 bits per heavy atom. The Morgan fingerprint density at radius 2 is 1.88 bits per heavy atom. The summed E-state index contributed by atoms with van der Waals surface area (Å²) >= 11 is 0. The molecule has 10 heteroatoms. The molecule has 2 heterocycles. The van der Waals surface area contributed by atoms with Crippen LogP contribution in [-0.2, 0) is 21.1 Å². The number of aromatic nitrogens is 1. The van der Waals surface area contributed by atoms with Crippen LogP contribution in [0.25, 0.3) is 10.9 Å². The van der Waals surface area contributed by atoms with Crippen LogP contribution in [0.15, 0.2) is 59.5 Å². The standard InChI is InChI=1S/C33H39N5O4S/c1-24(22-34)23-38-27(6-5-15-35-31-14-13-28(43(3,39)40)21-33(31)41-2)20-29-30(7-4-8-32(29)38)36-25-9-11-26(12-10-25)37-16-18-42-19-17-37/h4,7-8,13-14,20-21,25-26,35-36H,1,9-12,15-19,23H2,2-3H3/t25-,26-. The molecule has 1 saturated heterocycles. The number of hydrogen-bond donors (Lipinski definition) is 2. The van der Waals surface area contributed by atoms with E-state index in [-0.39, 0.29) is 4.90 Å². The third-order valence-corrected chi connectivity index (χ3v) is 9.37. The second kappa shape index (κ2) is 13.6. The van der Waals surface area contributed by atoms with Gasteiger partial charge in [-0.05, 0) is 61.9 Å². The van der Waals surface area contributed by atoms with E-state index in [4.69, 9.17) is 9.47 Å². The topological polar surface area (TPSA) is 109 Å². The van der Waals surface area contributed by atoms with Gasteiger partial charge < -0.3 is 24.7 Å². The smallest absolute Gasteiger partial charge is 0.175 e. The lowest BCUT2D eigenvalue weighted by Gasteiger charge is -2.39. The molecule has 1 aliphatic carbocycles. The quantitative estimate of drug-likeness (QED) is 0.270. The second-order valence-corrected chi connectivity index (χ2v) is 13.2. The highest BCUT2D eigenvalue weighted by Gasteiger charge is 2.27. The van der Waals surface area contributed by atoms with Gasteiger partial charge >= 0.3 is 0 Å². The molecule has 0 radical (unpaired) electrons. The first-order valence-electron chi connectivity index (χ1n) is 14.7. The highest BCUT2D eigenvalue weighted by Crippen LogP contribution is 2.32. The molecule has 2 aliphatic rings. The van der Waals surface area contributed by atoms with Gasteiger partial charge in [0.05, 0.1) is 61.3 Å². The number of allylic oxidation sites excluding steroid dienone is 1. The van der Waals surface area contributed by atoms with Crippen molar-refractivity contribution in [3.05, 3.63) is 60.3 Å². The van der Waals surface area contributed by atoms with Gasteiger partial charge in [0.1, 0.15) is 5.75 Å². The fraction of sp³-hybridized carbons (Fsp3) is 0.424. The maximum Gasteiger partial charge on any atom is 0.175 e. The Hall–Kier alpha value is -3.96. The van der Waals surface area contributed by atoms with Crippen molar-refractivity contribution in [2.24, 2.45) is 0 Å². The number of sulfone groups is 1. The number of hydrogen-bond acceptors (Lipinski definition) is 8. The molecule has 2 N–H and O–H groups in total. The van der Waals surface area contributed by atoms with Gasteiger partial charge in [0.25, 0.3) is 0 Å². The number of nitrogens with one attached hydrogen (secondary N) is 2. The summed E-state index contributed by atoms with van der Waals surface area (Å²) in [6.45, 7) is 8.32. The first kappa shape index (κ1) is 30.5. The van der Waals surface area contributed by atoms with Crippen LogP contribution in [-0.4, -0.2) is 76.2 Å². The zero-order valence-electron chi connectivity index (χ0n) is 24.9. The maximum atomic E-state index is 11.9. The van der Waals surface area contributed by atoms with Gasteiger partial charge in [-0.25, -0.2) is 8.42 Å². The Kier molecular flexibility index (Phi) is 9.62. The van der Waals surface area contributed by atoms with E-state index in [0.717, 1.165) is 61.4 Å². The number of benzene rings is 2. The van der Waals surface area contributed by atoms with Gasteiger partial charge in [-0.1, -0.05) is 18.6 Å². The van der Waals surface area contributed by atoms with E-state index in [9.17, 15) is 13.7 Å². The van der Waals surface area contributed by atoms with E-state index in [1.54, 1.807) is 12.1 Å². The molecule has 0 spiro atoms. The van der Waals surface area contributed by atoms with Crippen LogP contribution in [0.4, 0.5) is 11.4 Å². The summed E-state index contributed by atoms with van der Waals surface area (Å²) in [6.07, 6.45) is 5.78. The van der Waals surface area contributed by atoms with Crippen LogP contribution in [0.3, 0.4) is 0 Å². The van der Waals surface area contributed by atoms with Crippen molar-refractivity contribution in [1.82, 2.24) is 9.47 Å². The number of methoxy groups -OCH3 is 1. The minimum absolute atomic E-state index is 0.192. The minimum atomic E-state index is -3.34. The number of nitrogens with zero attached hydrogens (tertiary/aromatic N) is 3. The zero-order chi connectivity index (χ0) is 30.4. The van der Waals surface area contributed by atoms with Gasteiger partial charge in [-0.15, -0.1) is 0 Å². The molecular weight excluding hydrogens is 562 g/mol. The van der Waals surface area contributed by atoms with Crippen LogP contribution in [0, 0.1) is 23.2 Å². The number of ether oxygens (including phenoxy) is 2. The number of morpholine rings is 1. The molecule has 2 fully saturated rings. The summed E-state index contributed by atoms with van der Waals surface area (Å²) in [5, 5.41) is 17.6. The first-order chi connectivity index (χ1) is 20.8. The normalized spacial score (nSPS) is 19.2. The Morgan fingerprint density at radius 1 is 1.12 bits per heavy atom. The van der Waals surface area contributed by atoms with Gasteiger partial charge in [0.2, 0.25) is 0 Å². The average molecular weight is 602 g/mol. The molecule has 0 amide bonds. The molecule has 5 rings (SSSR count). The molecule has 0 bridgehead atoms. The largest absolute Gasteiger partial charge is 0.495 e. The molecule has 1 saturated carbocycles. The molecule has 0 unspecified atom stereocenters. The molecule has 1 aliphatic heterocycles. The highest BCUT2D eigenvalue weighted by atomic mass is 32.2. The monoisotopic (exact) mass is 601 g/mol. The van der Waals surface area contributed by atoms with E-state index in [1.807, 2.05) is 10.6 Å². The lowest BCUT2D eigenvalue weighted by Crippen LogP contribution is -2.46. The van der Waals surface area contributed by atoms with Crippen LogP contribution >= 0.6 is 0 Å². The second-order valence-electron chi connectivity index (χ2n) is 11.2. The summed E-state index contributed by atoms with van der Waals surface area (Å²) < 4.78 is 36.8. The van der Waals surface area contributed by atoms with E-state index >= 15 is 0 Å². The molecule has 43 heavy (non-hydrogen) atoms. The lowest BCUT2D eigenvalue weighted by atomic mass is 9.89. The van der Waals surface area contributed by atoms with Crippen molar-refractivity contribution in [2.75, 3.05) is 56.8 Å². The highest BCUT2D eigenvalue weighted by molar-refractivity contribution is 7.90. The molecular formula is C33H39N5O4S. The van der Waals surface area contributed by atoms with Crippen LogP contribution in [0.5, 0.6) is 5.75 Å². The Bertz CT molecular complexity index is 1680. The van der Waals surface area contributed by atoms with E-state index in [1.165, 1.54) is 32.3 Å². The predicted molar refractivity (Wildman–Crippen MR) is 170 cm³/mol. The molecule has 1 aromatic heterocycles. The third kappa shape index (κ3) is 7.34. The van der Waals surface area contributed by atoms with Crippen molar-refractivity contribution >= 4 is 32.1 Å². The predicted octanol–water partition coefficient (Wildman–Crippen LogP) is 4.65. The fourth-order valence-electron chi connectivity index (χ4n) is 5.98. The Balaban J connectivity index is 1.32. The summed E-state index contributed by atoms with van der Waals surface area (Å²) in [5.74, 6) is 6.87. The summed E-state index contributed by atoms with van der Waals surface area (Å²) in [5.41, 5.74) is 3.97. The first-order valence-corrected chi connectivity index (χ1v) is 16.5. The number of fused-ring (bicyclic) bond motifs is 1. The van der Waals surface area contributed by atoms with Crippen molar-refractivity contribution in [3.63, 3.8) is 0 Å². The molecule has 226 valence electrons. The van der Waals surface area contributed by atoms with Crippen LogP contribution in [0.2, 0.25) is 0 Å². The van der Waals surface area contributed by atoms with Crippen molar-refractivity contribution in [1.29, 1.82) is 5.26 Å². The molecule has 9 nitrogen and oxygen atoms in total. The minimum Gasteiger partial charge on any atom is -0.495 e. The summed E-state index contributed by atoms with van der Waals surface area (Å²) in [7, 11) is -1.84. The fourth-order valence-corrected chi connectivity index (χ4v) is 6.62. The number of anilines is 2. The SMILES string of the molecule is C=C(C#N)Cn1c(C#CCNc2ccc(S(C)(=O)=O)cc2OC)cc2c(N[C@H]3CC[C@H](N4CCOCC4)CC3)cccc21. The Labute approximate surface area is 254 Å². The molecule has 2 aromatic carbocycles. The van der Waals surface area contributed by atoms with E-state index in [2.05, 4.69) is 58.2 Å². The van der Waals surface area contributed by atoms with Gasteiger partial charge in [0, 0.05) is 54.1 Å². The van der Waals surface area contributed by atoms with E-state index in [0.29, 0.717) is 42.2 Å². The van der Waals surface area contributed by atoms with E-state index < -0.39 is 9.84 Å². The van der Waals surface area contributed by atoms with Crippen molar-refractivity contribution in [3.8, 4) is 23.7 Å². The average Bonchev–Trinajstić information content (AvgIpc) is 3.37. The summed E-state index contributed by atoms with van der Waals surface area (Å²) in [4.78, 5) is 2.78. The zero-order valence-corrected chi connectivity index (χ0v) is 25.7. The van der Waals surface area contributed by atoms with Gasteiger partial charge in [-0.2, -0.15) is 5.26 Å². The van der Waals surface area contributed by atoms with Crippen LogP contribution in [0.1, 0.15) is 31.4 Å². The van der Waals surface area contributed by atoms with Crippen molar-refractivity contribution < 1.29 is 17.9 Å². The number of rotatable bonds is 9. The lowest BCUT2D eigenvalue weighted by molar-refractivity contribution is 0.00791.